The van der Waals surface area contributed by atoms with Gasteiger partial charge < -0.3 is 5.21 Å². The Kier molecular flexibility index (Phi) is 14.2. The Balaban J connectivity index is 0. The minimum Gasteiger partial charge on any atom is -0.317 e. The predicted octanol–water partition coefficient (Wildman–Crippen LogP) is 0.149. The first-order chi connectivity index (χ1) is 2.41. The Morgan fingerprint density at radius 2 is 2.33 bits per heavy atom. The minimum absolute atomic E-state index is 0. The summed E-state index contributed by atoms with van der Waals surface area (Å²) in [5, 5.41) is 7.74. The van der Waals surface area contributed by atoms with Crippen LogP contribution >= 0.6 is 0 Å². The normalized spacial score (nSPS) is 6.17. The molecule has 3 heteroatoms. The van der Waals surface area contributed by atoms with Gasteiger partial charge in [-0.1, -0.05) is 6.08 Å². The van der Waals surface area contributed by atoms with Gasteiger partial charge in [0.2, 0.25) is 0 Å². The molecule has 0 spiro atoms. The molecule has 0 aliphatic carbocycles. The summed E-state index contributed by atoms with van der Waals surface area (Å²) >= 11 is 0. The Bertz CT molecular complexity index is 32.0. The van der Waals surface area contributed by atoms with Crippen LogP contribution in [0.4, 0.5) is 0 Å². The van der Waals surface area contributed by atoms with Gasteiger partial charge in [0.25, 0.3) is 0 Å². The summed E-state index contributed by atoms with van der Waals surface area (Å²) in [6, 6.07) is 0. The fraction of sp³-hybridized carbons (Fsp3) is 0.333. The summed E-state index contributed by atoms with van der Waals surface area (Å²) in [5.41, 5.74) is 1.90. The first-order valence-electron chi connectivity index (χ1n) is 1.39. The van der Waals surface area contributed by atoms with Gasteiger partial charge in [0.15, 0.2) is 0 Å². The van der Waals surface area contributed by atoms with E-state index in [1.54, 1.807) is 6.08 Å². The van der Waals surface area contributed by atoms with Crippen LogP contribution in [0.5, 0.6) is 0 Å². The summed E-state index contributed by atoms with van der Waals surface area (Å²) in [7, 11) is 0. The third-order valence-corrected chi connectivity index (χ3v) is 0.236. The topological polar surface area (TPSA) is 32.3 Å². The summed E-state index contributed by atoms with van der Waals surface area (Å²) in [5.74, 6) is 0. The average molecular weight is 137 g/mol. The van der Waals surface area contributed by atoms with Crippen LogP contribution in [0.2, 0.25) is 0 Å². The molecule has 0 rings (SSSR count). The smallest absolute Gasteiger partial charge is 0.0385 e. The van der Waals surface area contributed by atoms with Gasteiger partial charge in [-0.15, -0.1) is 6.58 Å². The van der Waals surface area contributed by atoms with Gasteiger partial charge in [0.1, 0.15) is 0 Å². The maximum absolute atomic E-state index is 7.74. The molecule has 0 atom stereocenters. The first-order valence-corrected chi connectivity index (χ1v) is 1.39. The van der Waals surface area contributed by atoms with Crippen LogP contribution < -0.4 is 5.48 Å². The van der Waals surface area contributed by atoms with Crippen LogP contribution in [0, 0.1) is 0 Å². The van der Waals surface area contributed by atoms with Gasteiger partial charge in [0.05, 0.1) is 0 Å². The first kappa shape index (κ1) is 9.49. The van der Waals surface area contributed by atoms with Crippen LogP contribution in [0.15, 0.2) is 12.7 Å². The summed E-state index contributed by atoms with van der Waals surface area (Å²) < 4.78 is 0. The monoisotopic (exact) mass is 136 g/mol. The van der Waals surface area contributed by atoms with Crippen LogP contribution in [0.3, 0.4) is 0 Å². The van der Waals surface area contributed by atoms with Gasteiger partial charge in [-0.2, -0.15) is 0 Å². The maximum Gasteiger partial charge on any atom is 0.0385 e. The van der Waals surface area contributed by atoms with E-state index in [2.05, 4.69) is 6.58 Å². The van der Waals surface area contributed by atoms with Crippen molar-refractivity contribution < 1.29 is 22.3 Å². The van der Waals surface area contributed by atoms with Crippen molar-refractivity contribution >= 4 is 0 Å². The quantitative estimate of drug-likeness (QED) is 0.322. The van der Waals surface area contributed by atoms with Crippen molar-refractivity contribution in [2.45, 2.75) is 0 Å². The van der Waals surface area contributed by atoms with Crippen LogP contribution in [0.25, 0.3) is 0 Å². The summed E-state index contributed by atoms with van der Waals surface area (Å²) in [4.78, 5) is 0. The maximum atomic E-state index is 7.74. The molecule has 1 radical (unpaired) electrons. The summed E-state index contributed by atoms with van der Waals surface area (Å²) in [6.45, 7) is 3.79. The fourth-order valence-electron chi connectivity index (χ4n) is 0.0645. The number of hydroxylamine groups is 1. The zero-order valence-corrected chi connectivity index (χ0v) is 4.18. The average Bonchev–Trinajstić information content (AvgIpc) is 1.41. The Morgan fingerprint density at radius 1 is 1.83 bits per heavy atom. The van der Waals surface area contributed by atoms with E-state index in [0.29, 0.717) is 6.54 Å². The molecular formula is C3H7CuNO. The van der Waals surface area contributed by atoms with E-state index in [1.807, 2.05) is 5.48 Å². The van der Waals surface area contributed by atoms with Crippen molar-refractivity contribution in [3.05, 3.63) is 12.7 Å². The second-order valence-electron chi connectivity index (χ2n) is 0.651. The molecule has 0 aliphatic heterocycles. The standard InChI is InChI=1S/C3H7NO.Cu/c1-2-3-4-5;/h2,4-5H,1,3H2;. The molecule has 0 amide bonds. The van der Waals surface area contributed by atoms with E-state index < -0.39 is 0 Å². The van der Waals surface area contributed by atoms with Crippen molar-refractivity contribution in [3.8, 4) is 0 Å². The van der Waals surface area contributed by atoms with Gasteiger partial charge >= 0.3 is 0 Å². The largest absolute Gasteiger partial charge is 0.317 e. The van der Waals surface area contributed by atoms with E-state index >= 15 is 0 Å². The molecule has 0 aliphatic rings. The van der Waals surface area contributed by atoms with Crippen molar-refractivity contribution in [1.29, 1.82) is 0 Å². The van der Waals surface area contributed by atoms with Gasteiger partial charge in [-0.05, 0) is 0 Å². The van der Waals surface area contributed by atoms with Crippen molar-refractivity contribution in [1.82, 2.24) is 5.48 Å². The molecule has 0 aromatic heterocycles. The van der Waals surface area contributed by atoms with Crippen molar-refractivity contribution in [2.24, 2.45) is 0 Å². The van der Waals surface area contributed by atoms with Crippen molar-refractivity contribution in [3.63, 3.8) is 0 Å². The molecule has 0 aromatic rings. The third-order valence-electron chi connectivity index (χ3n) is 0.236. The Labute approximate surface area is 47.7 Å². The molecule has 2 nitrogen and oxygen atoms in total. The third kappa shape index (κ3) is 8.89. The zero-order valence-electron chi connectivity index (χ0n) is 3.24. The second kappa shape index (κ2) is 8.95. The Morgan fingerprint density at radius 3 is 2.33 bits per heavy atom. The van der Waals surface area contributed by atoms with Crippen LogP contribution in [-0.2, 0) is 17.1 Å². The molecule has 6 heavy (non-hydrogen) atoms. The molecule has 0 saturated heterocycles. The molecule has 0 aromatic carbocycles. The second-order valence-corrected chi connectivity index (χ2v) is 0.651. The van der Waals surface area contributed by atoms with E-state index in [0.717, 1.165) is 0 Å². The van der Waals surface area contributed by atoms with Gasteiger partial charge in [-0.3, -0.25) is 0 Å². The van der Waals surface area contributed by atoms with Gasteiger partial charge in [-0.25, -0.2) is 5.48 Å². The molecule has 0 fully saturated rings. The number of hydrogen-bond acceptors (Lipinski definition) is 2. The van der Waals surface area contributed by atoms with E-state index in [1.165, 1.54) is 0 Å². The van der Waals surface area contributed by atoms with Crippen LogP contribution in [-0.4, -0.2) is 11.8 Å². The predicted molar refractivity (Wildman–Crippen MR) is 20.0 cm³/mol. The number of rotatable bonds is 2. The molecule has 0 saturated carbocycles. The van der Waals surface area contributed by atoms with E-state index in [9.17, 15) is 0 Å². The minimum atomic E-state index is 0. The van der Waals surface area contributed by atoms with Gasteiger partial charge in [0, 0.05) is 23.6 Å². The number of hydrogen-bond donors (Lipinski definition) is 2. The molecular weight excluding hydrogens is 130 g/mol. The molecule has 0 unspecified atom stereocenters. The molecule has 41 valence electrons. The van der Waals surface area contributed by atoms with Crippen LogP contribution in [0.1, 0.15) is 0 Å². The fourth-order valence-corrected chi connectivity index (χ4v) is 0.0645. The molecule has 0 bridgehead atoms. The molecule has 2 N–H and O–H groups in total. The Hall–Kier alpha value is 0.179. The zero-order chi connectivity index (χ0) is 4.12. The SMILES string of the molecule is C=CCNO.[Cu]. The van der Waals surface area contributed by atoms with Crippen molar-refractivity contribution in [2.75, 3.05) is 6.54 Å². The number of nitrogens with one attached hydrogen (secondary N) is 1. The summed E-state index contributed by atoms with van der Waals surface area (Å²) in [6.07, 6.45) is 1.57. The molecule has 0 heterocycles. The van der Waals surface area contributed by atoms with E-state index in [4.69, 9.17) is 5.21 Å². The van der Waals surface area contributed by atoms with E-state index in [-0.39, 0.29) is 17.1 Å².